The van der Waals surface area contributed by atoms with Gasteiger partial charge in [0.15, 0.2) is 5.78 Å². The van der Waals surface area contributed by atoms with Crippen molar-refractivity contribution in [2.75, 3.05) is 13.1 Å². The summed E-state index contributed by atoms with van der Waals surface area (Å²) in [5.74, 6) is 0.693. The SMILES string of the molecule is CC1SC(N2CCCCC2)C(C)C1=O. The molecular formula is C11H19NOS. The van der Waals surface area contributed by atoms with Gasteiger partial charge in [0.05, 0.1) is 10.6 Å². The van der Waals surface area contributed by atoms with Gasteiger partial charge in [-0.1, -0.05) is 13.3 Å². The lowest BCUT2D eigenvalue weighted by Gasteiger charge is -2.33. The number of hydrogen-bond acceptors (Lipinski definition) is 3. The molecule has 14 heavy (non-hydrogen) atoms. The highest BCUT2D eigenvalue weighted by atomic mass is 32.2. The quantitative estimate of drug-likeness (QED) is 0.665. The Bertz CT molecular complexity index is 225. The van der Waals surface area contributed by atoms with Crippen LogP contribution in [0.25, 0.3) is 0 Å². The molecule has 0 aromatic heterocycles. The monoisotopic (exact) mass is 213 g/mol. The van der Waals surface area contributed by atoms with Crippen LogP contribution in [-0.4, -0.2) is 34.4 Å². The zero-order chi connectivity index (χ0) is 10.1. The van der Waals surface area contributed by atoms with Crippen LogP contribution >= 0.6 is 11.8 Å². The van der Waals surface area contributed by atoms with Crippen LogP contribution in [-0.2, 0) is 4.79 Å². The van der Waals surface area contributed by atoms with E-state index in [1.165, 1.54) is 32.4 Å². The lowest BCUT2D eigenvalue weighted by molar-refractivity contribution is -0.121. The average molecular weight is 213 g/mol. The van der Waals surface area contributed by atoms with Crippen molar-refractivity contribution in [3.8, 4) is 0 Å². The first kappa shape index (κ1) is 10.5. The summed E-state index contributed by atoms with van der Waals surface area (Å²) in [6, 6.07) is 0. The molecule has 0 saturated carbocycles. The van der Waals surface area contributed by atoms with Crippen molar-refractivity contribution < 1.29 is 4.79 Å². The van der Waals surface area contributed by atoms with Crippen molar-refractivity contribution in [2.24, 2.45) is 5.92 Å². The van der Waals surface area contributed by atoms with Crippen molar-refractivity contribution in [3.05, 3.63) is 0 Å². The average Bonchev–Trinajstić information content (AvgIpc) is 2.47. The summed E-state index contributed by atoms with van der Waals surface area (Å²) >= 11 is 1.86. The molecule has 2 saturated heterocycles. The summed E-state index contributed by atoms with van der Waals surface area (Å²) in [5, 5.41) is 0.690. The second-order valence-corrected chi connectivity index (χ2v) is 5.92. The van der Waals surface area contributed by atoms with E-state index < -0.39 is 0 Å². The number of hydrogen-bond donors (Lipinski definition) is 0. The van der Waals surface area contributed by atoms with Gasteiger partial charge in [0.2, 0.25) is 0 Å². The molecule has 0 bridgehead atoms. The Labute approximate surface area is 90.4 Å². The van der Waals surface area contributed by atoms with Crippen LogP contribution in [0.3, 0.4) is 0 Å². The highest BCUT2D eigenvalue weighted by molar-refractivity contribution is 8.01. The largest absolute Gasteiger partial charge is 0.298 e. The molecule has 3 heteroatoms. The van der Waals surface area contributed by atoms with E-state index >= 15 is 0 Å². The zero-order valence-electron chi connectivity index (χ0n) is 9.03. The van der Waals surface area contributed by atoms with Gasteiger partial charge in [-0.05, 0) is 32.9 Å². The van der Waals surface area contributed by atoms with Gasteiger partial charge in [-0.3, -0.25) is 9.69 Å². The Morgan fingerprint density at radius 3 is 2.36 bits per heavy atom. The fourth-order valence-corrected chi connectivity index (χ4v) is 4.00. The molecule has 0 amide bonds. The van der Waals surface area contributed by atoms with Crippen LogP contribution in [0.2, 0.25) is 0 Å². The van der Waals surface area contributed by atoms with Crippen molar-refractivity contribution >= 4 is 17.5 Å². The molecule has 0 spiro atoms. The van der Waals surface area contributed by atoms with Crippen LogP contribution in [0.1, 0.15) is 33.1 Å². The van der Waals surface area contributed by atoms with Crippen LogP contribution in [0.15, 0.2) is 0 Å². The second kappa shape index (κ2) is 4.23. The van der Waals surface area contributed by atoms with Crippen molar-refractivity contribution in [3.63, 3.8) is 0 Å². The van der Waals surface area contributed by atoms with E-state index in [4.69, 9.17) is 0 Å². The van der Waals surface area contributed by atoms with Gasteiger partial charge in [0.1, 0.15) is 0 Å². The minimum absolute atomic E-state index is 0.219. The third kappa shape index (κ3) is 1.84. The fraction of sp³-hybridized carbons (Fsp3) is 0.909. The molecule has 2 nitrogen and oxygen atoms in total. The molecule has 0 aromatic rings. The Morgan fingerprint density at radius 2 is 1.86 bits per heavy atom. The predicted octanol–water partition coefficient (Wildman–Crippen LogP) is 2.14. The van der Waals surface area contributed by atoms with Crippen molar-refractivity contribution in [2.45, 2.75) is 43.7 Å². The van der Waals surface area contributed by atoms with E-state index in [0.29, 0.717) is 11.2 Å². The summed E-state index contributed by atoms with van der Waals surface area (Å²) in [4.78, 5) is 14.2. The number of piperidine rings is 1. The minimum atomic E-state index is 0.219. The summed E-state index contributed by atoms with van der Waals surface area (Å²) in [6.45, 7) is 6.54. The van der Waals surface area contributed by atoms with Gasteiger partial charge in [0, 0.05) is 5.92 Å². The Hall–Kier alpha value is -0.0200. The second-order valence-electron chi connectivity index (χ2n) is 4.46. The highest BCUT2D eigenvalue weighted by Gasteiger charge is 2.40. The number of Topliss-reactive ketones (excluding diaryl/α,β-unsaturated/α-hetero) is 1. The lowest BCUT2D eigenvalue weighted by atomic mass is 10.0. The lowest BCUT2D eigenvalue weighted by Crippen LogP contribution is -2.40. The molecule has 2 fully saturated rings. The molecule has 0 aromatic carbocycles. The molecular weight excluding hydrogens is 194 g/mol. The maximum absolute atomic E-state index is 11.7. The Balaban J connectivity index is 2.00. The molecule has 2 rings (SSSR count). The Kier molecular flexibility index (Phi) is 3.17. The van der Waals surface area contributed by atoms with Gasteiger partial charge in [-0.2, -0.15) is 0 Å². The van der Waals surface area contributed by atoms with E-state index in [1.807, 2.05) is 18.7 Å². The standard InChI is InChI=1S/C11H19NOS/c1-8-10(13)9(2)14-11(8)12-6-4-3-5-7-12/h8-9,11H,3-7H2,1-2H3. The first-order valence-corrected chi connectivity index (χ1v) is 6.57. The first-order valence-electron chi connectivity index (χ1n) is 5.63. The molecule has 2 aliphatic heterocycles. The molecule has 2 heterocycles. The fourth-order valence-electron chi connectivity index (χ4n) is 2.48. The van der Waals surface area contributed by atoms with Crippen LogP contribution in [0, 0.1) is 5.92 Å². The van der Waals surface area contributed by atoms with E-state index in [9.17, 15) is 4.79 Å². The predicted molar refractivity (Wildman–Crippen MR) is 60.4 cm³/mol. The van der Waals surface area contributed by atoms with Crippen LogP contribution < -0.4 is 0 Å². The van der Waals surface area contributed by atoms with Gasteiger partial charge >= 0.3 is 0 Å². The van der Waals surface area contributed by atoms with Crippen LogP contribution in [0.5, 0.6) is 0 Å². The molecule has 0 N–H and O–H groups in total. The van der Waals surface area contributed by atoms with Gasteiger partial charge in [0.25, 0.3) is 0 Å². The maximum atomic E-state index is 11.7. The molecule has 0 radical (unpaired) electrons. The number of nitrogens with zero attached hydrogens (tertiary/aromatic N) is 1. The van der Waals surface area contributed by atoms with E-state index in [-0.39, 0.29) is 11.2 Å². The molecule has 2 aliphatic rings. The van der Waals surface area contributed by atoms with Gasteiger partial charge in [-0.15, -0.1) is 11.8 Å². The Morgan fingerprint density at radius 1 is 1.21 bits per heavy atom. The molecule has 80 valence electrons. The third-order valence-corrected chi connectivity index (χ3v) is 5.00. The van der Waals surface area contributed by atoms with Gasteiger partial charge < -0.3 is 0 Å². The normalized spacial score (nSPS) is 40.4. The summed E-state index contributed by atoms with van der Waals surface area (Å²) in [6.07, 6.45) is 3.99. The first-order chi connectivity index (χ1) is 6.70. The number of carbonyl (C=O) groups excluding carboxylic acids is 1. The summed E-state index contributed by atoms with van der Waals surface area (Å²) in [5.41, 5.74) is 0. The van der Waals surface area contributed by atoms with Gasteiger partial charge in [-0.25, -0.2) is 0 Å². The summed E-state index contributed by atoms with van der Waals surface area (Å²) < 4.78 is 0. The topological polar surface area (TPSA) is 20.3 Å². The van der Waals surface area contributed by atoms with E-state index in [2.05, 4.69) is 11.8 Å². The molecule has 3 unspecified atom stereocenters. The number of carbonyl (C=O) groups is 1. The van der Waals surface area contributed by atoms with E-state index in [0.717, 1.165) is 0 Å². The highest BCUT2D eigenvalue weighted by Crippen LogP contribution is 2.38. The molecule has 3 atom stereocenters. The third-order valence-electron chi connectivity index (χ3n) is 3.37. The number of thioether (sulfide) groups is 1. The van der Waals surface area contributed by atoms with Crippen molar-refractivity contribution in [1.82, 2.24) is 4.90 Å². The molecule has 0 aliphatic carbocycles. The number of likely N-dealkylation sites (tertiary alicyclic amines) is 1. The zero-order valence-corrected chi connectivity index (χ0v) is 9.85. The number of rotatable bonds is 1. The van der Waals surface area contributed by atoms with Crippen molar-refractivity contribution in [1.29, 1.82) is 0 Å². The summed E-state index contributed by atoms with van der Waals surface area (Å²) in [7, 11) is 0. The van der Waals surface area contributed by atoms with E-state index in [1.54, 1.807) is 0 Å². The van der Waals surface area contributed by atoms with Crippen LogP contribution in [0.4, 0.5) is 0 Å². The smallest absolute Gasteiger partial charge is 0.150 e. The minimum Gasteiger partial charge on any atom is -0.298 e. The maximum Gasteiger partial charge on any atom is 0.150 e. The number of ketones is 1.